The van der Waals surface area contributed by atoms with Crippen LogP contribution in [0.5, 0.6) is 0 Å². The smallest absolute Gasteiger partial charge is 0.164 e. The third-order valence-corrected chi connectivity index (χ3v) is 5.55. The molecule has 0 saturated carbocycles. The lowest BCUT2D eigenvalue weighted by molar-refractivity contribution is -0.130. The average Bonchev–Trinajstić information content (AvgIpc) is 3.16. The van der Waals surface area contributed by atoms with Crippen LogP contribution in [0.4, 0.5) is 4.39 Å². The van der Waals surface area contributed by atoms with Gasteiger partial charge in [0.15, 0.2) is 5.78 Å². The standard InChI is InChI=1S/C21H22FN3OS/c1-21(2,3)20(26)18(25-14-23-13-24-25)19(15-9-11-16(22)12-10-15)27-17-7-5-4-6-8-17/h4-14,18-19H,1-3H3. The Morgan fingerprint density at radius 3 is 2.30 bits per heavy atom. The Labute approximate surface area is 162 Å². The molecule has 0 aliphatic rings. The Morgan fingerprint density at radius 1 is 1.07 bits per heavy atom. The molecule has 3 aromatic rings. The fourth-order valence-electron chi connectivity index (χ4n) is 2.81. The summed E-state index contributed by atoms with van der Waals surface area (Å²) in [6, 6.07) is 15.6. The Hall–Kier alpha value is -2.47. The van der Waals surface area contributed by atoms with Crippen molar-refractivity contribution in [1.82, 2.24) is 14.8 Å². The van der Waals surface area contributed by atoms with Gasteiger partial charge in [-0.15, -0.1) is 11.8 Å². The van der Waals surface area contributed by atoms with Gasteiger partial charge in [-0.2, -0.15) is 5.10 Å². The maximum absolute atomic E-state index is 13.5. The van der Waals surface area contributed by atoms with Crippen LogP contribution in [0.25, 0.3) is 0 Å². The van der Waals surface area contributed by atoms with Gasteiger partial charge in [0.25, 0.3) is 0 Å². The SMILES string of the molecule is CC(C)(C)C(=O)C(C(Sc1ccccc1)c1ccc(F)cc1)n1cncn1. The number of Topliss-reactive ketones (excluding diaryl/α,β-unsaturated/α-hetero) is 1. The number of hydrogen-bond acceptors (Lipinski definition) is 4. The third kappa shape index (κ3) is 4.63. The van der Waals surface area contributed by atoms with Crippen molar-refractivity contribution in [3.8, 4) is 0 Å². The molecule has 0 spiro atoms. The number of nitrogens with zero attached hydrogens (tertiary/aromatic N) is 3. The van der Waals surface area contributed by atoms with E-state index in [9.17, 15) is 9.18 Å². The minimum absolute atomic E-state index is 0.0470. The second-order valence-electron chi connectivity index (χ2n) is 7.34. The van der Waals surface area contributed by atoms with Gasteiger partial charge in [-0.1, -0.05) is 51.1 Å². The molecule has 2 unspecified atom stereocenters. The molecule has 1 heterocycles. The fourth-order valence-corrected chi connectivity index (χ4v) is 4.09. The van der Waals surface area contributed by atoms with Crippen molar-refractivity contribution in [3.05, 3.63) is 78.6 Å². The third-order valence-electron chi connectivity index (χ3n) is 4.22. The highest BCUT2D eigenvalue weighted by Gasteiger charge is 2.38. The van der Waals surface area contributed by atoms with Crippen molar-refractivity contribution in [2.75, 3.05) is 0 Å². The highest BCUT2D eigenvalue weighted by atomic mass is 32.2. The van der Waals surface area contributed by atoms with Crippen LogP contribution >= 0.6 is 11.8 Å². The van der Waals surface area contributed by atoms with E-state index >= 15 is 0 Å². The number of aromatic nitrogens is 3. The number of hydrogen-bond donors (Lipinski definition) is 0. The summed E-state index contributed by atoms with van der Waals surface area (Å²) in [7, 11) is 0. The minimum atomic E-state index is -0.567. The first-order valence-corrected chi connectivity index (χ1v) is 9.60. The summed E-state index contributed by atoms with van der Waals surface area (Å²) in [5, 5.41) is 3.98. The van der Waals surface area contributed by atoms with Crippen molar-refractivity contribution < 1.29 is 9.18 Å². The lowest BCUT2D eigenvalue weighted by atomic mass is 9.84. The van der Waals surface area contributed by atoms with Crippen molar-refractivity contribution >= 4 is 17.5 Å². The van der Waals surface area contributed by atoms with Crippen LogP contribution in [0.1, 0.15) is 37.6 Å². The van der Waals surface area contributed by atoms with Crippen LogP contribution in [0, 0.1) is 11.2 Å². The first kappa shape index (κ1) is 19.3. The summed E-state index contributed by atoms with van der Waals surface area (Å²) in [5.41, 5.74) is 0.301. The molecule has 0 fully saturated rings. The largest absolute Gasteiger partial charge is 0.297 e. The average molecular weight is 383 g/mol. The summed E-state index contributed by atoms with van der Waals surface area (Å²) < 4.78 is 15.1. The van der Waals surface area contributed by atoms with Crippen molar-refractivity contribution in [3.63, 3.8) is 0 Å². The van der Waals surface area contributed by atoms with E-state index in [1.807, 2.05) is 51.1 Å². The Kier molecular flexibility index (Phi) is 5.75. The normalized spacial score (nSPS) is 13.9. The lowest BCUT2D eigenvalue weighted by Crippen LogP contribution is -2.34. The lowest BCUT2D eigenvalue weighted by Gasteiger charge is -2.31. The molecular formula is C21H22FN3OS. The highest BCUT2D eigenvalue weighted by Crippen LogP contribution is 2.45. The second kappa shape index (κ2) is 8.05. The molecule has 6 heteroatoms. The predicted octanol–water partition coefficient (Wildman–Crippen LogP) is 5.11. The zero-order valence-corrected chi connectivity index (χ0v) is 16.4. The quantitative estimate of drug-likeness (QED) is 0.555. The molecule has 0 saturated heterocycles. The number of ketones is 1. The summed E-state index contributed by atoms with van der Waals surface area (Å²) in [5.74, 6) is -0.257. The molecule has 0 bridgehead atoms. The van der Waals surface area contributed by atoms with Crippen LogP contribution in [0.15, 0.2) is 72.1 Å². The van der Waals surface area contributed by atoms with Crippen LogP contribution in [0.3, 0.4) is 0 Å². The number of carbonyl (C=O) groups excluding carboxylic acids is 1. The van der Waals surface area contributed by atoms with E-state index < -0.39 is 11.5 Å². The zero-order chi connectivity index (χ0) is 19.4. The molecule has 0 N–H and O–H groups in total. The topological polar surface area (TPSA) is 47.8 Å². The van der Waals surface area contributed by atoms with Crippen molar-refractivity contribution in [1.29, 1.82) is 0 Å². The summed E-state index contributed by atoms with van der Waals surface area (Å²) in [4.78, 5) is 18.4. The number of thioether (sulfide) groups is 1. The molecule has 0 amide bonds. The zero-order valence-electron chi connectivity index (χ0n) is 15.5. The molecule has 2 aromatic carbocycles. The molecule has 0 aliphatic carbocycles. The Bertz CT molecular complexity index is 874. The molecule has 0 radical (unpaired) electrons. The fraction of sp³-hybridized carbons (Fsp3) is 0.286. The minimum Gasteiger partial charge on any atom is -0.297 e. The molecule has 4 nitrogen and oxygen atoms in total. The Morgan fingerprint density at radius 2 is 1.74 bits per heavy atom. The molecule has 0 aliphatic heterocycles. The van der Waals surface area contributed by atoms with Gasteiger partial charge in [-0.25, -0.2) is 14.1 Å². The highest BCUT2D eigenvalue weighted by molar-refractivity contribution is 7.99. The van der Waals surface area contributed by atoms with E-state index in [0.29, 0.717) is 0 Å². The van der Waals surface area contributed by atoms with Gasteiger partial charge in [0.05, 0.1) is 5.25 Å². The summed E-state index contributed by atoms with van der Waals surface area (Å²) in [6.07, 6.45) is 2.99. The van der Waals surface area contributed by atoms with Gasteiger partial charge >= 0.3 is 0 Å². The maximum Gasteiger partial charge on any atom is 0.164 e. The van der Waals surface area contributed by atoms with E-state index in [2.05, 4.69) is 10.1 Å². The monoisotopic (exact) mass is 383 g/mol. The summed E-state index contributed by atoms with van der Waals surface area (Å²) in [6.45, 7) is 5.69. The van der Waals surface area contributed by atoms with Gasteiger partial charge in [0.1, 0.15) is 24.5 Å². The van der Waals surface area contributed by atoms with Gasteiger partial charge in [0, 0.05) is 10.3 Å². The van der Waals surface area contributed by atoms with Crippen LogP contribution in [-0.2, 0) is 4.79 Å². The Balaban J connectivity index is 2.09. The van der Waals surface area contributed by atoms with E-state index in [1.165, 1.54) is 18.5 Å². The van der Waals surface area contributed by atoms with E-state index in [-0.39, 0.29) is 16.9 Å². The first-order valence-electron chi connectivity index (χ1n) is 8.72. The van der Waals surface area contributed by atoms with Gasteiger partial charge in [-0.3, -0.25) is 4.79 Å². The van der Waals surface area contributed by atoms with E-state index in [1.54, 1.807) is 34.9 Å². The second-order valence-corrected chi connectivity index (χ2v) is 8.55. The first-order chi connectivity index (χ1) is 12.9. The van der Waals surface area contributed by atoms with E-state index in [4.69, 9.17) is 0 Å². The molecule has 2 atom stereocenters. The molecule has 140 valence electrons. The number of rotatable bonds is 6. The van der Waals surface area contributed by atoms with Gasteiger partial charge in [-0.05, 0) is 29.8 Å². The summed E-state index contributed by atoms with van der Waals surface area (Å²) >= 11 is 1.57. The predicted molar refractivity (Wildman–Crippen MR) is 105 cm³/mol. The van der Waals surface area contributed by atoms with Gasteiger partial charge < -0.3 is 0 Å². The van der Waals surface area contributed by atoms with Crippen LogP contribution in [0.2, 0.25) is 0 Å². The van der Waals surface area contributed by atoms with Crippen LogP contribution < -0.4 is 0 Å². The van der Waals surface area contributed by atoms with Crippen LogP contribution in [-0.4, -0.2) is 20.5 Å². The molecule has 1 aromatic heterocycles. The molecule has 3 rings (SSSR count). The number of halogens is 1. The molecular weight excluding hydrogens is 361 g/mol. The van der Waals surface area contributed by atoms with Gasteiger partial charge in [0.2, 0.25) is 0 Å². The van der Waals surface area contributed by atoms with Crippen molar-refractivity contribution in [2.45, 2.75) is 37.0 Å². The molecule has 27 heavy (non-hydrogen) atoms. The maximum atomic E-state index is 13.5. The van der Waals surface area contributed by atoms with E-state index in [0.717, 1.165) is 10.5 Å². The van der Waals surface area contributed by atoms with Crippen molar-refractivity contribution in [2.24, 2.45) is 5.41 Å². The number of benzene rings is 2. The number of carbonyl (C=O) groups is 1.